The summed E-state index contributed by atoms with van der Waals surface area (Å²) >= 11 is 1.59. The van der Waals surface area contributed by atoms with Crippen LogP contribution in [0.1, 0.15) is 24.5 Å². The van der Waals surface area contributed by atoms with Crippen LogP contribution in [0.4, 0.5) is 4.79 Å². The first-order valence-electron chi connectivity index (χ1n) is 6.14. The van der Waals surface area contributed by atoms with E-state index in [1.807, 2.05) is 16.8 Å². The van der Waals surface area contributed by atoms with Gasteiger partial charge < -0.3 is 21.1 Å². The molecule has 1 fully saturated rings. The summed E-state index contributed by atoms with van der Waals surface area (Å²) in [6.45, 7) is 1.95. The van der Waals surface area contributed by atoms with Gasteiger partial charge in [-0.25, -0.2) is 4.79 Å². The lowest BCUT2D eigenvalue weighted by molar-refractivity contribution is 0.154. The Morgan fingerprint density at radius 3 is 2.89 bits per heavy atom. The number of nitrogens with zero attached hydrogens (tertiary/aromatic N) is 1. The molecule has 1 saturated heterocycles. The van der Waals surface area contributed by atoms with Crippen molar-refractivity contribution in [2.24, 2.45) is 5.73 Å². The molecule has 1 aromatic heterocycles. The summed E-state index contributed by atoms with van der Waals surface area (Å²) in [6.07, 6.45) is 1.32. The van der Waals surface area contributed by atoms with Crippen LogP contribution < -0.4 is 11.1 Å². The molecule has 1 atom stereocenters. The number of primary amides is 1. The van der Waals surface area contributed by atoms with Crippen LogP contribution in [0.3, 0.4) is 0 Å². The van der Waals surface area contributed by atoms with E-state index in [9.17, 15) is 9.90 Å². The number of hydrogen-bond acceptors (Lipinski definition) is 4. The van der Waals surface area contributed by atoms with Crippen LogP contribution in [-0.2, 0) is 0 Å². The van der Waals surface area contributed by atoms with Gasteiger partial charge in [-0.05, 0) is 35.2 Å². The first-order valence-corrected chi connectivity index (χ1v) is 7.09. The Balaban J connectivity index is 1.71. The van der Waals surface area contributed by atoms with Crippen LogP contribution in [0.2, 0.25) is 0 Å². The molecule has 0 spiro atoms. The van der Waals surface area contributed by atoms with Crippen molar-refractivity contribution in [3.05, 3.63) is 22.4 Å². The smallest absolute Gasteiger partial charge is 0.314 e. The van der Waals surface area contributed by atoms with Crippen LogP contribution in [-0.4, -0.2) is 41.7 Å². The van der Waals surface area contributed by atoms with Gasteiger partial charge in [-0.1, -0.05) is 0 Å². The SMILES string of the molecule is NC(=O)N1CCC(NCC(O)c2ccsc2)CC1. The number of amides is 2. The van der Waals surface area contributed by atoms with Crippen molar-refractivity contribution in [3.63, 3.8) is 0 Å². The standard InChI is InChI=1S/C12H19N3O2S/c13-12(17)15-4-1-10(2-5-15)14-7-11(16)9-3-6-18-8-9/h3,6,8,10-11,14,16H,1-2,4-5,7H2,(H2,13,17). The van der Waals surface area contributed by atoms with Crippen LogP contribution >= 0.6 is 11.3 Å². The molecule has 1 unspecified atom stereocenters. The van der Waals surface area contributed by atoms with Crippen LogP contribution in [0.25, 0.3) is 0 Å². The summed E-state index contributed by atoms with van der Waals surface area (Å²) in [6, 6.07) is 1.95. The first-order chi connectivity index (χ1) is 8.66. The number of carbonyl (C=O) groups is 1. The maximum Gasteiger partial charge on any atom is 0.314 e. The third-order valence-corrected chi connectivity index (χ3v) is 4.04. The fourth-order valence-corrected chi connectivity index (χ4v) is 2.87. The van der Waals surface area contributed by atoms with Gasteiger partial charge in [0.2, 0.25) is 0 Å². The second kappa shape index (κ2) is 6.17. The number of aliphatic hydroxyl groups is 1. The summed E-state index contributed by atoms with van der Waals surface area (Å²) in [4.78, 5) is 12.6. The summed E-state index contributed by atoms with van der Waals surface area (Å²) < 4.78 is 0. The zero-order valence-electron chi connectivity index (χ0n) is 10.2. The number of nitrogens with two attached hydrogens (primary N) is 1. The van der Waals surface area contributed by atoms with Crippen molar-refractivity contribution in [1.29, 1.82) is 0 Å². The second-order valence-corrected chi connectivity index (χ2v) is 5.36. The van der Waals surface area contributed by atoms with Crippen molar-refractivity contribution in [2.45, 2.75) is 25.0 Å². The third-order valence-electron chi connectivity index (χ3n) is 3.33. The fraction of sp³-hybridized carbons (Fsp3) is 0.583. The van der Waals surface area contributed by atoms with Crippen LogP contribution in [0, 0.1) is 0 Å². The van der Waals surface area contributed by atoms with Gasteiger partial charge in [0.1, 0.15) is 0 Å². The number of piperidine rings is 1. The molecule has 18 heavy (non-hydrogen) atoms. The highest BCUT2D eigenvalue weighted by Crippen LogP contribution is 2.16. The van der Waals surface area contributed by atoms with Gasteiger partial charge in [0.25, 0.3) is 0 Å². The summed E-state index contributed by atoms with van der Waals surface area (Å²) in [5, 5.41) is 17.2. The number of urea groups is 1. The molecule has 1 aromatic rings. The van der Waals surface area contributed by atoms with Crippen molar-refractivity contribution >= 4 is 17.4 Å². The molecule has 2 amide bonds. The van der Waals surface area contributed by atoms with Crippen molar-refractivity contribution in [1.82, 2.24) is 10.2 Å². The molecule has 4 N–H and O–H groups in total. The number of hydrogen-bond donors (Lipinski definition) is 3. The predicted molar refractivity (Wildman–Crippen MR) is 71.5 cm³/mol. The van der Waals surface area contributed by atoms with Crippen molar-refractivity contribution in [2.75, 3.05) is 19.6 Å². The molecule has 1 aliphatic heterocycles. The molecular weight excluding hydrogens is 250 g/mol. The highest BCUT2D eigenvalue weighted by atomic mass is 32.1. The van der Waals surface area contributed by atoms with Gasteiger partial charge in [0.05, 0.1) is 6.10 Å². The van der Waals surface area contributed by atoms with Gasteiger partial charge in [-0.15, -0.1) is 0 Å². The molecule has 2 rings (SSSR count). The van der Waals surface area contributed by atoms with Gasteiger partial charge in [0, 0.05) is 25.7 Å². The molecule has 0 bridgehead atoms. The van der Waals surface area contributed by atoms with E-state index in [-0.39, 0.29) is 6.03 Å². The van der Waals surface area contributed by atoms with Gasteiger partial charge in [0.15, 0.2) is 0 Å². The van der Waals surface area contributed by atoms with E-state index >= 15 is 0 Å². The van der Waals surface area contributed by atoms with Gasteiger partial charge in [-0.2, -0.15) is 11.3 Å². The molecule has 5 nitrogen and oxygen atoms in total. The molecule has 0 radical (unpaired) electrons. The first kappa shape index (κ1) is 13.3. The largest absolute Gasteiger partial charge is 0.387 e. The van der Waals surface area contributed by atoms with Crippen molar-refractivity contribution < 1.29 is 9.90 Å². The summed E-state index contributed by atoms with van der Waals surface area (Å²) in [5.41, 5.74) is 6.19. The maximum absolute atomic E-state index is 11.0. The minimum atomic E-state index is -0.453. The summed E-state index contributed by atoms with van der Waals surface area (Å²) in [7, 11) is 0. The number of carbonyl (C=O) groups excluding carboxylic acids is 1. The second-order valence-electron chi connectivity index (χ2n) is 4.58. The maximum atomic E-state index is 11.0. The van der Waals surface area contributed by atoms with Crippen LogP contribution in [0.15, 0.2) is 16.8 Å². The fourth-order valence-electron chi connectivity index (χ4n) is 2.16. The Bertz CT molecular complexity index is 375. The van der Waals surface area contributed by atoms with E-state index in [4.69, 9.17) is 5.73 Å². The van der Waals surface area contributed by atoms with Crippen molar-refractivity contribution in [3.8, 4) is 0 Å². The van der Waals surface area contributed by atoms with Crippen LogP contribution in [0.5, 0.6) is 0 Å². The van der Waals surface area contributed by atoms with E-state index < -0.39 is 6.10 Å². The highest BCUT2D eigenvalue weighted by molar-refractivity contribution is 7.07. The molecule has 0 aromatic carbocycles. The number of rotatable bonds is 4. The molecule has 100 valence electrons. The monoisotopic (exact) mass is 269 g/mol. The molecule has 0 saturated carbocycles. The topological polar surface area (TPSA) is 78.6 Å². The summed E-state index contributed by atoms with van der Waals surface area (Å²) in [5.74, 6) is 0. The Morgan fingerprint density at radius 1 is 1.61 bits per heavy atom. The van der Waals surface area contributed by atoms with Gasteiger partial charge in [-0.3, -0.25) is 0 Å². The lowest BCUT2D eigenvalue weighted by Crippen LogP contribution is -2.47. The zero-order chi connectivity index (χ0) is 13.0. The normalized spacial score (nSPS) is 18.8. The van der Waals surface area contributed by atoms with E-state index in [1.165, 1.54) is 0 Å². The van der Waals surface area contributed by atoms with E-state index in [0.29, 0.717) is 25.7 Å². The average Bonchev–Trinajstić information content (AvgIpc) is 2.90. The highest BCUT2D eigenvalue weighted by Gasteiger charge is 2.21. The Morgan fingerprint density at radius 2 is 2.33 bits per heavy atom. The average molecular weight is 269 g/mol. The van der Waals surface area contributed by atoms with E-state index in [1.54, 1.807) is 16.2 Å². The third kappa shape index (κ3) is 3.44. The minimum Gasteiger partial charge on any atom is -0.387 e. The molecule has 0 aliphatic carbocycles. The van der Waals surface area contributed by atoms with Gasteiger partial charge >= 0.3 is 6.03 Å². The lowest BCUT2D eigenvalue weighted by atomic mass is 10.0. The quantitative estimate of drug-likeness (QED) is 0.760. The zero-order valence-corrected chi connectivity index (χ0v) is 11.0. The predicted octanol–water partition coefficient (Wildman–Crippen LogP) is 0.914. The minimum absolute atomic E-state index is 0.341. The Labute approximate surface area is 111 Å². The molecule has 1 aliphatic rings. The number of thiophene rings is 1. The Hall–Kier alpha value is -1.11. The van der Waals surface area contributed by atoms with E-state index in [2.05, 4.69) is 5.32 Å². The number of aliphatic hydroxyl groups excluding tert-OH is 1. The molecule has 6 heteroatoms. The Kier molecular flexibility index (Phi) is 4.57. The van der Waals surface area contributed by atoms with E-state index in [0.717, 1.165) is 18.4 Å². The number of likely N-dealkylation sites (tertiary alicyclic amines) is 1. The number of nitrogens with one attached hydrogen (secondary N) is 1. The molecule has 2 heterocycles. The lowest BCUT2D eigenvalue weighted by Gasteiger charge is -2.31. The molecular formula is C12H19N3O2S.